The predicted molar refractivity (Wildman–Crippen MR) is 197 cm³/mol. The fourth-order valence-electron chi connectivity index (χ4n) is 9.08. The average molecular weight is 603 g/mol. The second kappa shape index (κ2) is 9.70. The van der Waals surface area contributed by atoms with Gasteiger partial charge in [0.1, 0.15) is 0 Å². The highest BCUT2D eigenvalue weighted by Crippen LogP contribution is 2.61. The molecular weight excluding hydrogens is 569 g/mol. The molecule has 2 aliphatic carbocycles. The van der Waals surface area contributed by atoms with E-state index in [1.165, 1.54) is 72.3 Å². The Labute approximate surface area is 275 Å². The molecule has 1 aromatic heterocycles. The van der Waals surface area contributed by atoms with Crippen molar-refractivity contribution in [3.05, 3.63) is 180 Å². The molecule has 2 heteroatoms. The Kier molecular flexibility index (Phi) is 5.49. The summed E-state index contributed by atoms with van der Waals surface area (Å²) in [5, 5.41) is 2.69. The molecular formula is C45H34N2. The number of hydrogen-bond acceptors (Lipinski definition) is 1. The molecule has 0 saturated carbocycles. The molecule has 6 aromatic carbocycles. The Morgan fingerprint density at radius 1 is 0.574 bits per heavy atom. The summed E-state index contributed by atoms with van der Waals surface area (Å²) in [5.41, 5.74) is 15.8. The maximum absolute atomic E-state index is 2.56. The second-order valence-electron chi connectivity index (χ2n) is 13.7. The lowest BCUT2D eigenvalue weighted by molar-refractivity contribution is 0.560. The number of benzene rings is 6. The van der Waals surface area contributed by atoms with Crippen LogP contribution >= 0.6 is 0 Å². The standard InChI is InChI=1S/C45H34N2/c1-45(2)43-33(25-27-39-41(43)35-17-9-11-19-37(35)46(39)31-15-7-4-8-16-31)34-26-28-40-42(44(34)45)36-18-10-12-20-38(36)47(40)32-23-21-30(22-24-32)29-13-5-3-6-14-29/h3-28,39,41H,1-2H3. The highest BCUT2D eigenvalue weighted by molar-refractivity contribution is 6.14. The van der Waals surface area contributed by atoms with Gasteiger partial charge in [-0.2, -0.15) is 0 Å². The van der Waals surface area contributed by atoms with Crippen LogP contribution in [0.5, 0.6) is 0 Å². The molecule has 2 unspecified atom stereocenters. The lowest BCUT2D eigenvalue weighted by atomic mass is 9.70. The Morgan fingerprint density at radius 3 is 2.06 bits per heavy atom. The third-order valence-corrected chi connectivity index (χ3v) is 10.9. The normalized spacial score (nSPS) is 18.8. The Balaban J connectivity index is 1.16. The average Bonchev–Trinajstić information content (AvgIpc) is 3.72. The molecule has 0 radical (unpaired) electrons. The number of nitrogens with zero attached hydrogens (tertiary/aromatic N) is 2. The Hall–Kier alpha value is -5.60. The van der Waals surface area contributed by atoms with Crippen molar-refractivity contribution in [2.45, 2.75) is 31.2 Å². The van der Waals surface area contributed by atoms with E-state index in [4.69, 9.17) is 0 Å². The van der Waals surface area contributed by atoms with Gasteiger partial charge in [-0.3, -0.25) is 0 Å². The van der Waals surface area contributed by atoms with Crippen molar-refractivity contribution in [2.24, 2.45) is 0 Å². The zero-order valence-electron chi connectivity index (χ0n) is 26.6. The summed E-state index contributed by atoms with van der Waals surface area (Å²) in [7, 11) is 0. The first-order chi connectivity index (χ1) is 23.1. The number of fused-ring (bicyclic) bond motifs is 10. The molecule has 0 spiro atoms. The van der Waals surface area contributed by atoms with Crippen molar-refractivity contribution in [3.63, 3.8) is 0 Å². The van der Waals surface area contributed by atoms with Crippen LogP contribution in [0.1, 0.15) is 36.5 Å². The van der Waals surface area contributed by atoms with Crippen molar-refractivity contribution < 1.29 is 0 Å². The van der Waals surface area contributed by atoms with Crippen molar-refractivity contribution in [2.75, 3.05) is 4.90 Å². The third-order valence-electron chi connectivity index (χ3n) is 10.9. The van der Waals surface area contributed by atoms with E-state index in [0.717, 1.165) is 0 Å². The highest BCUT2D eigenvalue weighted by atomic mass is 15.2. The third kappa shape index (κ3) is 3.61. The minimum absolute atomic E-state index is 0.163. The zero-order valence-corrected chi connectivity index (χ0v) is 26.6. The number of aromatic nitrogens is 1. The number of anilines is 2. The van der Waals surface area contributed by atoms with E-state index in [0.29, 0.717) is 0 Å². The van der Waals surface area contributed by atoms with E-state index >= 15 is 0 Å². The van der Waals surface area contributed by atoms with Crippen LogP contribution in [0, 0.1) is 0 Å². The number of rotatable bonds is 3. The number of hydrogen-bond donors (Lipinski definition) is 0. The molecule has 0 saturated heterocycles. The molecule has 0 bridgehead atoms. The molecule has 7 aromatic rings. The van der Waals surface area contributed by atoms with Crippen LogP contribution in [0.2, 0.25) is 0 Å². The van der Waals surface area contributed by atoms with E-state index in [2.05, 4.69) is 181 Å². The van der Waals surface area contributed by atoms with Crippen molar-refractivity contribution in [1.29, 1.82) is 0 Å². The maximum Gasteiger partial charge on any atom is 0.0633 e. The molecule has 2 atom stereocenters. The maximum atomic E-state index is 2.56. The van der Waals surface area contributed by atoms with E-state index in [-0.39, 0.29) is 17.4 Å². The quantitative estimate of drug-likeness (QED) is 0.195. The van der Waals surface area contributed by atoms with E-state index in [9.17, 15) is 0 Å². The molecule has 3 aliphatic rings. The first-order valence-electron chi connectivity index (χ1n) is 16.7. The molecule has 1 aliphatic heterocycles. The number of para-hydroxylation sites is 3. The van der Waals surface area contributed by atoms with E-state index < -0.39 is 0 Å². The van der Waals surface area contributed by atoms with Gasteiger partial charge in [0.2, 0.25) is 0 Å². The van der Waals surface area contributed by atoms with Crippen LogP contribution in [0.3, 0.4) is 0 Å². The summed E-state index contributed by atoms with van der Waals surface area (Å²) in [6, 6.07) is 53.6. The molecule has 47 heavy (non-hydrogen) atoms. The van der Waals surface area contributed by atoms with Gasteiger partial charge in [-0.1, -0.05) is 129 Å². The highest BCUT2D eigenvalue weighted by Gasteiger charge is 2.50. The van der Waals surface area contributed by atoms with Crippen molar-refractivity contribution in [3.8, 4) is 16.8 Å². The minimum atomic E-state index is -0.163. The first-order valence-corrected chi connectivity index (χ1v) is 16.7. The SMILES string of the molecule is CC1(C)C2=C(C=CC3C2c2ccccc2N3c2ccccc2)c2ccc3c(c21)c1ccccc1n3-c1ccc(-c2ccccc2)cc1. The van der Waals surface area contributed by atoms with Gasteiger partial charge < -0.3 is 9.47 Å². The smallest absolute Gasteiger partial charge is 0.0633 e. The topological polar surface area (TPSA) is 8.17 Å². The van der Waals surface area contributed by atoms with E-state index in [1.807, 2.05) is 0 Å². The largest absolute Gasteiger partial charge is 0.333 e. The molecule has 10 rings (SSSR count). The molecule has 0 amide bonds. The summed E-state index contributed by atoms with van der Waals surface area (Å²) >= 11 is 0. The van der Waals surface area contributed by atoms with Crippen LogP contribution in [0.4, 0.5) is 11.4 Å². The summed E-state index contributed by atoms with van der Waals surface area (Å²) in [5.74, 6) is 0.280. The van der Waals surface area contributed by atoms with Crippen LogP contribution in [-0.4, -0.2) is 10.6 Å². The van der Waals surface area contributed by atoms with Crippen LogP contribution in [0.25, 0.3) is 44.2 Å². The van der Waals surface area contributed by atoms with Crippen molar-refractivity contribution in [1.82, 2.24) is 4.57 Å². The molecule has 224 valence electrons. The summed E-state index contributed by atoms with van der Waals surface area (Å²) in [6.07, 6.45) is 4.89. The van der Waals surface area contributed by atoms with Gasteiger partial charge >= 0.3 is 0 Å². The zero-order chi connectivity index (χ0) is 31.3. The Morgan fingerprint density at radius 2 is 1.26 bits per heavy atom. The van der Waals surface area contributed by atoms with Crippen LogP contribution in [0.15, 0.2) is 163 Å². The van der Waals surface area contributed by atoms with Crippen LogP contribution in [-0.2, 0) is 5.41 Å². The van der Waals surface area contributed by atoms with Crippen molar-refractivity contribution >= 4 is 38.8 Å². The summed E-state index contributed by atoms with van der Waals surface area (Å²) in [6.45, 7) is 4.94. The van der Waals surface area contributed by atoms with Gasteiger partial charge in [0.15, 0.2) is 0 Å². The summed E-state index contributed by atoms with van der Waals surface area (Å²) < 4.78 is 2.47. The van der Waals surface area contributed by atoms with Gasteiger partial charge in [0.05, 0.1) is 17.1 Å². The van der Waals surface area contributed by atoms with Gasteiger partial charge in [0.25, 0.3) is 0 Å². The van der Waals surface area contributed by atoms with Gasteiger partial charge in [-0.15, -0.1) is 0 Å². The predicted octanol–water partition coefficient (Wildman–Crippen LogP) is 11.4. The first kappa shape index (κ1) is 26.6. The van der Waals surface area contributed by atoms with Gasteiger partial charge in [-0.25, -0.2) is 0 Å². The van der Waals surface area contributed by atoms with Gasteiger partial charge in [-0.05, 0) is 81.4 Å². The fourth-order valence-corrected chi connectivity index (χ4v) is 9.08. The lowest BCUT2D eigenvalue weighted by Gasteiger charge is -2.36. The van der Waals surface area contributed by atoms with Gasteiger partial charge in [0, 0.05) is 39.2 Å². The molecule has 0 fully saturated rings. The molecule has 0 N–H and O–H groups in total. The lowest BCUT2D eigenvalue weighted by Crippen LogP contribution is -2.34. The summed E-state index contributed by atoms with van der Waals surface area (Å²) in [4.78, 5) is 2.56. The number of allylic oxidation sites excluding steroid dienone is 2. The minimum Gasteiger partial charge on any atom is -0.333 e. The monoisotopic (exact) mass is 602 g/mol. The Bertz CT molecular complexity index is 2420. The second-order valence-corrected chi connectivity index (χ2v) is 13.7. The fraction of sp³-hybridized carbons (Fsp3) is 0.111. The molecule has 2 heterocycles. The van der Waals surface area contributed by atoms with Crippen LogP contribution < -0.4 is 4.90 Å². The molecule has 2 nitrogen and oxygen atoms in total. The van der Waals surface area contributed by atoms with E-state index in [1.54, 1.807) is 5.57 Å².